The van der Waals surface area contributed by atoms with Crippen LogP contribution in [0.1, 0.15) is 37.7 Å². The molecular formula is C14H21ClN2O2. The Bertz CT molecular complexity index is 408. The topological polar surface area (TPSA) is 56.6 Å². The van der Waals surface area contributed by atoms with Crippen LogP contribution in [0.25, 0.3) is 0 Å². The summed E-state index contributed by atoms with van der Waals surface area (Å²) in [6.45, 7) is 0.586. The minimum absolute atomic E-state index is 0.0591. The van der Waals surface area contributed by atoms with Crippen LogP contribution < -0.4 is 4.90 Å². The minimum atomic E-state index is -0.0591. The number of aromatic nitrogens is 1. The van der Waals surface area contributed by atoms with Crippen molar-refractivity contribution in [2.45, 2.75) is 44.8 Å². The lowest BCUT2D eigenvalue weighted by molar-refractivity contribution is 0.281. The van der Waals surface area contributed by atoms with Crippen LogP contribution in [0.4, 0.5) is 5.82 Å². The number of hydrogen-bond donors (Lipinski definition) is 2. The first-order chi connectivity index (χ1) is 9.26. The molecular weight excluding hydrogens is 264 g/mol. The molecule has 1 aliphatic carbocycles. The average molecular weight is 285 g/mol. The summed E-state index contributed by atoms with van der Waals surface area (Å²) < 4.78 is 0. The second kappa shape index (κ2) is 7.08. The summed E-state index contributed by atoms with van der Waals surface area (Å²) in [7, 11) is 0. The molecule has 0 amide bonds. The van der Waals surface area contributed by atoms with Crippen molar-refractivity contribution in [1.82, 2.24) is 4.98 Å². The van der Waals surface area contributed by atoms with E-state index in [0.717, 1.165) is 18.7 Å². The van der Waals surface area contributed by atoms with Gasteiger partial charge >= 0.3 is 0 Å². The van der Waals surface area contributed by atoms with E-state index < -0.39 is 0 Å². The zero-order chi connectivity index (χ0) is 13.7. The van der Waals surface area contributed by atoms with Crippen molar-refractivity contribution >= 4 is 17.4 Å². The van der Waals surface area contributed by atoms with Crippen LogP contribution in [-0.4, -0.2) is 34.4 Å². The average Bonchev–Trinajstić information content (AvgIpc) is 2.46. The van der Waals surface area contributed by atoms with Crippen molar-refractivity contribution in [3.8, 4) is 0 Å². The van der Waals surface area contributed by atoms with E-state index >= 15 is 0 Å². The third kappa shape index (κ3) is 3.59. The van der Waals surface area contributed by atoms with Crippen LogP contribution in [-0.2, 0) is 6.61 Å². The molecule has 0 radical (unpaired) electrons. The van der Waals surface area contributed by atoms with Gasteiger partial charge in [-0.05, 0) is 24.5 Å². The van der Waals surface area contributed by atoms with Gasteiger partial charge in [0.1, 0.15) is 5.82 Å². The van der Waals surface area contributed by atoms with E-state index in [0.29, 0.717) is 23.2 Å². The molecule has 1 saturated carbocycles. The largest absolute Gasteiger partial charge is 0.395 e. The smallest absolute Gasteiger partial charge is 0.147 e. The quantitative estimate of drug-likeness (QED) is 0.871. The maximum Gasteiger partial charge on any atom is 0.147 e. The number of hydrogen-bond acceptors (Lipinski definition) is 4. The summed E-state index contributed by atoms with van der Waals surface area (Å²) in [5.41, 5.74) is 0.710. The normalized spacial score (nSPS) is 16.6. The Morgan fingerprint density at radius 1 is 1.26 bits per heavy atom. The number of nitrogens with zero attached hydrogens (tertiary/aromatic N) is 2. The van der Waals surface area contributed by atoms with Crippen LogP contribution >= 0.6 is 11.6 Å². The molecule has 0 saturated heterocycles. The molecule has 0 unspecified atom stereocenters. The van der Waals surface area contributed by atoms with E-state index in [-0.39, 0.29) is 13.2 Å². The molecule has 2 N–H and O–H groups in total. The van der Waals surface area contributed by atoms with Gasteiger partial charge in [-0.1, -0.05) is 30.9 Å². The highest BCUT2D eigenvalue weighted by Crippen LogP contribution is 2.30. The number of aliphatic hydroxyl groups excluding tert-OH is 2. The molecule has 19 heavy (non-hydrogen) atoms. The number of anilines is 1. The predicted octanol–water partition coefficient (Wildman–Crippen LogP) is 2.36. The standard InChI is InChI=1S/C14H21ClN2O2/c15-13-8-11(10-19)9-16-14(13)17(6-7-18)12-4-2-1-3-5-12/h8-9,12,18-19H,1-7,10H2. The molecule has 1 heterocycles. The SMILES string of the molecule is OCCN(c1ncc(CO)cc1Cl)C1CCCCC1. The minimum Gasteiger partial charge on any atom is -0.395 e. The first-order valence-corrected chi connectivity index (χ1v) is 7.27. The molecule has 4 nitrogen and oxygen atoms in total. The third-order valence-electron chi connectivity index (χ3n) is 3.69. The van der Waals surface area contributed by atoms with Gasteiger partial charge in [0.05, 0.1) is 18.2 Å². The summed E-state index contributed by atoms with van der Waals surface area (Å²) in [6, 6.07) is 2.16. The first kappa shape index (κ1) is 14.6. The fourth-order valence-electron chi connectivity index (χ4n) is 2.73. The van der Waals surface area contributed by atoms with Gasteiger partial charge in [0.15, 0.2) is 0 Å². The third-order valence-corrected chi connectivity index (χ3v) is 3.97. The number of pyridine rings is 1. The van der Waals surface area contributed by atoms with E-state index in [2.05, 4.69) is 9.88 Å². The van der Waals surface area contributed by atoms with Gasteiger partial charge in [-0.3, -0.25) is 0 Å². The Morgan fingerprint density at radius 3 is 2.58 bits per heavy atom. The van der Waals surface area contributed by atoms with Crippen LogP contribution in [0, 0.1) is 0 Å². The number of rotatable bonds is 5. The molecule has 106 valence electrons. The lowest BCUT2D eigenvalue weighted by Gasteiger charge is -2.35. The monoisotopic (exact) mass is 284 g/mol. The Kier molecular flexibility index (Phi) is 5.43. The fourth-order valence-corrected chi connectivity index (χ4v) is 3.03. The second-order valence-corrected chi connectivity index (χ2v) is 5.42. The molecule has 0 aliphatic heterocycles. The zero-order valence-electron chi connectivity index (χ0n) is 11.1. The van der Waals surface area contributed by atoms with E-state index in [1.807, 2.05) is 0 Å². The van der Waals surface area contributed by atoms with Crippen LogP contribution in [0.5, 0.6) is 0 Å². The maximum absolute atomic E-state index is 9.27. The van der Waals surface area contributed by atoms with Gasteiger partial charge < -0.3 is 15.1 Å². The van der Waals surface area contributed by atoms with Gasteiger partial charge in [0.2, 0.25) is 0 Å². The molecule has 1 fully saturated rings. The highest BCUT2D eigenvalue weighted by molar-refractivity contribution is 6.33. The van der Waals surface area contributed by atoms with Crippen LogP contribution in [0.3, 0.4) is 0 Å². The predicted molar refractivity (Wildman–Crippen MR) is 76.5 cm³/mol. The van der Waals surface area contributed by atoms with E-state index in [1.165, 1.54) is 19.3 Å². The lowest BCUT2D eigenvalue weighted by atomic mass is 9.94. The summed E-state index contributed by atoms with van der Waals surface area (Å²) in [5.74, 6) is 0.722. The van der Waals surface area contributed by atoms with Crippen molar-refractivity contribution in [2.24, 2.45) is 0 Å². The van der Waals surface area contributed by atoms with Crippen molar-refractivity contribution in [3.63, 3.8) is 0 Å². The lowest BCUT2D eigenvalue weighted by Crippen LogP contribution is -2.39. The Morgan fingerprint density at radius 2 is 2.00 bits per heavy atom. The molecule has 1 aromatic rings. The highest BCUT2D eigenvalue weighted by atomic mass is 35.5. The molecule has 5 heteroatoms. The van der Waals surface area contributed by atoms with Gasteiger partial charge in [0, 0.05) is 18.8 Å². The highest BCUT2D eigenvalue weighted by Gasteiger charge is 2.23. The zero-order valence-corrected chi connectivity index (χ0v) is 11.8. The van der Waals surface area contributed by atoms with Gasteiger partial charge in [-0.15, -0.1) is 0 Å². The van der Waals surface area contributed by atoms with E-state index in [9.17, 15) is 5.11 Å². The van der Waals surface area contributed by atoms with Crippen LogP contribution in [0.2, 0.25) is 5.02 Å². The van der Waals surface area contributed by atoms with Gasteiger partial charge in [-0.2, -0.15) is 0 Å². The Balaban J connectivity index is 2.22. The van der Waals surface area contributed by atoms with Crippen molar-refractivity contribution in [2.75, 3.05) is 18.1 Å². The molecule has 0 spiro atoms. The van der Waals surface area contributed by atoms with E-state index in [1.54, 1.807) is 12.3 Å². The maximum atomic E-state index is 9.27. The molecule has 0 aromatic carbocycles. The van der Waals surface area contributed by atoms with Gasteiger partial charge in [-0.25, -0.2) is 4.98 Å². The molecule has 0 atom stereocenters. The molecule has 2 rings (SSSR count). The first-order valence-electron chi connectivity index (χ1n) is 6.89. The second-order valence-electron chi connectivity index (χ2n) is 5.02. The molecule has 1 aliphatic rings. The summed E-state index contributed by atoms with van der Waals surface area (Å²) >= 11 is 6.26. The van der Waals surface area contributed by atoms with Crippen LogP contribution in [0.15, 0.2) is 12.3 Å². The summed E-state index contributed by atoms with van der Waals surface area (Å²) in [5, 5.41) is 18.9. The van der Waals surface area contributed by atoms with Crippen molar-refractivity contribution < 1.29 is 10.2 Å². The molecule has 0 bridgehead atoms. The number of halogens is 1. The number of aliphatic hydroxyl groups is 2. The molecule has 1 aromatic heterocycles. The van der Waals surface area contributed by atoms with Gasteiger partial charge in [0.25, 0.3) is 0 Å². The summed E-state index contributed by atoms with van der Waals surface area (Å²) in [4.78, 5) is 6.48. The van der Waals surface area contributed by atoms with Crippen molar-refractivity contribution in [3.05, 3.63) is 22.8 Å². The van der Waals surface area contributed by atoms with E-state index in [4.69, 9.17) is 16.7 Å². The van der Waals surface area contributed by atoms with Crippen molar-refractivity contribution in [1.29, 1.82) is 0 Å². The summed E-state index contributed by atoms with van der Waals surface area (Å²) in [6.07, 6.45) is 7.62. The Labute approximate surface area is 119 Å². The fraction of sp³-hybridized carbons (Fsp3) is 0.643. The Hall–Kier alpha value is -0.840.